The molecule has 0 fully saturated rings. The zero-order valence-corrected chi connectivity index (χ0v) is 9.56. The molecule has 0 aliphatic heterocycles. The van der Waals surface area contributed by atoms with E-state index in [1.165, 1.54) is 0 Å². The second-order valence-corrected chi connectivity index (χ2v) is 3.85. The highest BCUT2D eigenvalue weighted by Gasteiger charge is 2.11. The van der Waals surface area contributed by atoms with Gasteiger partial charge in [-0.2, -0.15) is 4.73 Å². The van der Waals surface area contributed by atoms with E-state index in [9.17, 15) is 5.21 Å². The van der Waals surface area contributed by atoms with Gasteiger partial charge in [0, 0.05) is 12.4 Å². The largest absolute Gasteiger partial charge is 0.428 e. The maximum absolute atomic E-state index is 10.2. The zero-order valence-electron chi connectivity index (χ0n) is 9.56. The van der Waals surface area contributed by atoms with Crippen molar-refractivity contribution in [1.82, 2.24) is 14.7 Å². The predicted octanol–water partition coefficient (Wildman–Crippen LogP) is 2.85. The Morgan fingerprint density at radius 3 is 1.61 bits per heavy atom. The summed E-state index contributed by atoms with van der Waals surface area (Å²) in [4.78, 5) is 8.43. The Balaban J connectivity index is 2.09. The molecule has 0 atom stereocenters. The molecule has 88 valence electrons. The highest BCUT2D eigenvalue weighted by molar-refractivity contribution is 5.64. The van der Waals surface area contributed by atoms with Crippen molar-refractivity contribution in [2.24, 2.45) is 0 Å². The van der Waals surface area contributed by atoms with E-state index in [2.05, 4.69) is 9.97 Å². The van der Waals surface area contributed by atoms with E-state index in [1.807, 2.05) is 48.5 Å². The minimum atomic E-state index is 0.649. The Bertz CT molecular complexity index is 590. The van der Waals surface area contributed by atoms with Crippen molar-refractivity contribution in [2.45, 2.75) is 0 Å². The van der Waals surface area contributed by atoms with Gasteiger partial charge in [-0.05, 0) is 36.4 Å². The third kappa shape index (κ3) is 1.73. The molecule has 0 saturated carbocycles. The lowest BCUT2D eigenvalue weighted by atomic mass is 10.3. The number of aromatic nitrogens is 3. The molecule has 18 heavy (non-hydrogen) atoms. The summed E-state index contributed by atoms with van der Waals surface area (Å²) >= 11 is 0. The summed E-state index contributed by atoms with van der Waals surface area (Å²) < 4.78 is 1.12. The number of hydrogen-bond donors (Lipinski definition) is 1. The lowest BCUT2D eigenvalue weighted by molar-refractivity contribution is 0.196. The summed E-state index contributed by atoms with van der Waals surface area (Å²) in [6, 6.07) is 14.8. The van der Waals surface area contributed by atoms with E-state index in [0.717, 1.165) is 16.1 Å². The third-order valence-electron chi connectivity index (χ3n) is 2.71. The van der Waals surface area contributed by atoms with Gasteiger partial charge in [-0.1, -0.05) is 12.1 Å². The van der Waals surface area contributed by atoms with Crippen LogP contribution < -0.4 is 0 Å². The molecule has 0 bridgehead atoms. The monoisotopic (exact) mass is 237 g/mol. The molecule has 3 rings (SSSR count). The third-order valence-corrected chi connectivity index (χ3v) is 2.71. The zero-order chi connectivity index (χ0) is 12.4. The molecule has 4 heteroatoms. The highest BCUT2D eigenvalue weighted by Crippen LogP contribution is 2.24. The van der Waals surface area contributed by atoms with Crippen molar-refractivity contribution in [3.05, 3.63) is 60.9 Å². The van der Waals surface area contributed by atoms with E-state index in [-0.39, 0.29) is 0 Å². The molecule has 0 radical (unpaired) electrons. The van der Waals surface area contributed by atoms with Crippen LogP contribution in [0.2, 0.25) is 0 Å². The first-order valence-corrected chi connectivity index (χ1v) is 5.60. The van der Waals surface area contributed by atoms with Gasteiger partial charge in [-0.25, -0.2) is 0 Å². The second-order valence-electron chi connectivity index (χ2n) is 3.85. The van der Waals surface area contributed by atoms with Crippen LogP contribution in [0.3, 0.4) is 0 Å². The number of hydrogen-bond acceptors (Lipinski definition) is 3. The summed E-state index contributed by atoms with van der Waals surface area (Å²) in [7, 11) is 0. The Morgan fingerprint density at radius 2 is 1.22 bits per heavy atom. The Morgan fingerprint density at radius 1 is 0.722 bits per heavy atom. The number of nitrogens with zero attached hydrogens (tertiary/aromatic N) is 3. The van der Waals surface area contributed by atoms with Gasteiger partial charge in [0.25, 0.3) is 0 Å². The Hall–Kier alpha value is -2.62. The molecule has 3 aromatic rings. The van der Waals surface area contributed by atoms with E-state index in [0.29, 0.717) is 11.4 Å². The first-order valence-electron chi connectivity index (χ1n) is 5.60. The fourth-order valence-electron chi connectivity index (χ4n) is 1.85. The SMILES string of the molecule is On1c(-c2ccccn2)ccc1-c1ccccn1. The Kier molecular flexibility index (Phi) is 2.53. The van der Waals surface area contributed by atoms with Crippen molar-refractivity contribution in [3.63, 3.8) is 0 Å². The molecule has 3 aromatic heterocycles. The standard InChI is InChI=1S/C14H11N3O/c18-17-13(11-5-1-3-9-15-11)7-8-14(17)12-6-2-4-10-16-12/h1-10,18H. The molecule has 0 unspecified atom stereocenters. The minimum Gasteiger partial charge on any atom is -0.428 e. The fraction of sp³-hybridized carbons (Fsp3) is 0. The highest BCUT2D eigenvalue weighted by atomic mass is 16.5. The second kappa shape index (κ2) is 4.33. The average molecular weight is 237 g/mol. The topological polar surface area (TPSA) is 50.9 Å². The molecule has 4 nitrogen and oxygen atoms in total. The van der Waals surface area contributed by atoms with Crippen molar-refractivity contribution in [1.29, 1.82) is 0 Å². The fourth-order valence-corrected chi connectivity index (χ4v) is 1.85. The summed E-state index contributed by atoms with van der Waals surface area (Å²) in [5.41, 5.74) is 2.75. The summed E-state index contributed by atoms with van der Waals surface area (Å²) in [5.74, 6) is 0. The molecule has 3 heterocycles. The van der Waals surface area contributed by atoms with Gasteiger partial charge in [0.1, 0.15) is 11.4 Å². The normalized spacial score (nSPS) is 10.4. The van der Waals surface area contributed by atoms with E-state index >= 15 is 0 Å². The Labute approximate surface area is 104 Å². The summed E-state index contributed by atoms with van der Waals surface area (Å²) in [6.45, 7) is 0. The predicted molar refractivity (Wildman–Crippen MR) is 68.1 cm³/mol. The minimum absolute atomic E-state index is 0.649. The van der Waals surface area contributed by atoms with Crippen LogP contribution in [-0.2, 0) is 0 Å². The first-order chi connectivity index (χ1) is 8.86. The van der Waals surface area contributed by atoms with Crippen LogP contribution in [0.4, 0.5) is 0 Å². The van der Waals surface area contributed by atoms with Gasteiger partial charge in [0.05, 0.1) is 11.4 Å². The van der Waals surface area contributed by atoms with Gasteiger partial charge in [-0.3, -0.25) is 9.97 Å². The molecular weight excluding hydrogens is 226 g/mol. The maximum atomic E-state index is 10.2. The maximum Gasteiger partial charge on any atom is 0.106 e. The lowest BCUT2D eigenvalue weighted by Crippen LogP contribution is -1.98. The number of rotatable bonds is 2. The van der Waals surface area contributed by atoms with Gasteiger partial charge in [-0.15, -0.1) is 0 Å². The molecule has 0 aliphatic rings. The lowest BCUT2D eigenvalue weighted by Gasteiger charge is -2.04. The van der Waals surface area contributed by atoms with Crippen LogP contribution in [-0.4, -0.2) is 19.9 Å². The van der Waals surface area contributed by atoms with Crippen molar-refractivity contribution in [2.75, 3.05) is 0 Å². The van der Waals surface area contributed by atoms with Crippen molar-refractivity contribution in [3.8, 4) is 22.8 Å². The first kappa shape index (κ1) is 10.5. The van der Waals surface area contributed by atoms with Gasteiger partial charge in [0.2, 0.25) is 0 Å². The molecule has 0 amide bonds. The van der Waals surface area contributed by atoms with E-state index in [1.54, 1.807) is 12.4 Å². The van der Waals surface area contributed by atoms with Crippen molar-refractivity contribution >= 4 is 0 Å². The molecule has 0 aromatic carbocycles. The van der Waals surface area contributed by atoms with Crippen LogP contribution in [0.25, 0.3) is 22.8 Å². The van der Waals surface area contributed by atoms with Crippen LogP contribution in [0.5, 0.6) is 0 Å². The van der Waals surface area contributed by atoms with Crippen LogP contribution in [0.15, 0.2) is 60.9 Å². The van der Waals surface area contributed by atoms with Crippen molar-refractivity contribution < 1.29 is 5.21 Å². The van der Waals surface area contributed by atoms with Crippen LogP contribution in [0.1, 0.15) is 0 Å². The van der Waals surface area contributed by atoms with Gasteiger partial charge in [0.15, 0.2) is 0 Å². The molecule has 1 N–H and O–H groups in total. The van der Waals surface area contributed by atoms with Crippen LogP contribution in [0, 0.1) is 0 Å². The van der Waals surface area contributed by atoms with Crippen LogP contribution >= 0.6 is 0 Å². The molecule has 0 spiro atoms. The summed E-state index contributed by atoms with van der Waals surface area (Å²) in [6.07, 6.45) is 3.39. The molecular formula is C14H11N3O. The number of pyridine rings is 2. The molecule has 0 aliphatic carbocycles. The average Bonchev–Trinajstić information content (AvgIpc) is 2.83. The van der Waals surface area contributed by atoms with Gasteiger partial charge < -0.3 is 5.21 Å². The smallest absolute Gasteiger partial charge is 0.106 e. The summed E-state index contributed by atoms with van der Waals surface area (Å²) in [5, 5.41) is 10.2. The van der Waals surface area contributed by atoms with Gasteiger partial charge >= 0.3 is 0 Å². The van der Waals surface area contributed by atoms with E-state index < -0.39 is 0 Å². The quantitative estimate of drug-likeness (QED) is 0.697. The van der Waals surface area contributed by atoms with E-state index in [4.69, 9.17) is 0 Å². The molecule has 0 saturated heterocycles.